The Bertz CT molecular complexity index is 625. The third-order valence-corrected chi connectivity index (χ3v) is 3.35. The quantitative estimate of drug-likeness (QED) is 0.890. The summed E-state index contributed by atoms with van der Waals surface area (Å²) in [5.74, 6) is -1.04. The van der Waals surface area contributed by atoms with E-state index < -0.39 is 12.1 Å². The molecule has 0 amide bonds. The molecule has 19 heavy (non-hydrogen) atoms. The normalized spacial score (nSPS) is 12.4. The number of benzene rings is 1. The number of carboxylic acid groups (broad SMARTS) is 1. The van der Waals surface area contributed by atoms with Gasteiger partial charge in [0.1, 0.15) is 11.7 Å². The lowest BCUT2D eigenvalue weighted by atomic mass is 9.95. The molecule has 0 aliphatic carbocycles. The zero-order chi connectivity index (χ0) is 14.2. The van der Waals surface area contributed by atoms with Gasteiger partial charge in [0.2, 0.25) is 0 Å². The first-order chi connectivity index (χ1) is 8.91. The smallest absolute Gasteiger partial charge is 0.339 e. The molecule has 100 valence electrons. The van der Waals surface area contributed by atoms with Crippen LogP contribution in [0.15, 0.2) is 28.9 Å². The maximum absolute atomic E-state index is 11.1. The van der Waals surface area contributed by atoms with E-state index in [1.54, 1.807) is 0 Å². The lowest BCUT2D eigenvalue weighted by Gasteiger charge is -2.15. The van der Waals surface area contributed by atoms with E-state index in [1.165, 1.54) is 12.3 Å². The van der Waals surface area contributed by atoms with Crippen LogP contribution in [-0.4, -0.2) is 16.2 Å². The number of carboxylic acids is 1. The number of hydrogen-bond donors (Lipinski definition) is 2. The van der Waals surface area contributed by atoms with E-state index in [1.807, 2.05) is 32.9 Å². The molecule has 0 bridgehead atoms. The molecule has 2 aromatic rings. The summed E-state index contributed by atoms with van der Waals surface area (Å²) < 4.78 is 5.14. The van der Waals surface area contributed by atoms with Gasteiger partial charge in [-0.15, -0.1) is 0 Å². The molecule has 4 heteroatoms. The van der Waals surface area contributed by atoms with Gasteiger partial charge >= 0.3 is 5.97 Å². The first-order valence-electron chi connectivity index (χ1n) is 5.98. The number of aryl methyl sites for hydroxylation is 3. The van der Waals surface area contributed by atoms with Gasteiger partial charge < -0.3 is 14.6 Å². The van der Waals surface area contributed by atoms with Crippen LogP contribution in [0.25, 0.3) is 0 Å². The van der Waals surface area contributed by atoms with Crippen LogP contribution in [0.2, 0.25) is 0 Å². The number of aliphatic hydroxyl groups is 1. The van der Waals surface area contributed by atoms with Crippen LogP contribution in [0.1, 0.15) is 44.5 Å². The maximum Gasteiger partial charge on any atom is 0.339 e. The topological polar surface area (TPSA) is 70.7 Å². The second-order valence-electron chi connectivity index (χ2n) is 4.70. The first-order valence-corrected chi connectivity index (χ1v) is 5.98. The van der Waals surface area contributed by atoms with E-state index in [9.17, 15) is 9.90 Å². The van der Waals surface area contributed by atoms with Crippen LogP contribution < -0.4 is 0 Å². The lowest BCUT2D eigenvalue weighted by molar-refractivity contribution is 0.0687. The highest BCUT2D eigenvalue weighted by Gasteiger charge is 2.23. The molecule has 2 N–H and O–H groups in total. The van der Waals surface area contributed by atoms with Crippen molar-refractivity contribution >= 4 is 5.97 Å². The van der Waals surface area contributed by atoms with Crippen molar-refractivity contribution in [1.29, 1.82) is 0 Å². The minimum absolute atomic E-state index is 0.00914. The summed E-state index contributed by atoms with van der Waals surface area (Å²) >= 11 is 0. The molecule has 1 atom stereocenters. The zero-order valence-corrected chi connectivity index (χ0v) is 11.1. The first kappa shape index (κ1) is 13.4. The Labute approximate surface area is 111 Å². The molecule has 0 saturated heterocycles. The predicted octanol–water partition coefficient (Wildman–Crippen LogP) is 2.98. The van der Waals surface area contributed by atoms with Gasteiger partial charge in [-0.25, -0.2) is 4.79 Å². The van der Waals surface area contributed by atoms with Crippen molar-refractivity contribution in [3.8, 4) is 0 Å². The second-order valence-corrected chi connectivity index (χ2v) is 4.70. The van der Waals surface area contributed by atoms with E-state index in [4.69, 9.17) is 9.52 Å². The third kappa shape index (κ3) is 2.39. The van der Waals surface area contributed by atoms with Crippen LogP contribution >= 0.6 is 0 Å². The Kier molecular flexibility index (Phi) is 3.44. The molecular weight excluding hydrogens is 244 g/mol. The fraction of sp³-hybridized carbons (Fsp3) is 0.267. The summed E-state index contributed by atoms with van der Waals surface area (Å²) in [4.78, 5) is 11.1. The maximum atomic E-state index is 11.1. The standard InChI is InChI=1S/C15H16O4/c1-8-6-10(3)12(7-9(8)2)13(16)14-11(15(17)18)4-5-19-14/h4-7,13,16H,1-3H3,(H,17,18). The third-order valence-electron chi connectivity index (χ3n) is 3.35. The molecule has 0 aliphatic heterocycles. The molecule has 0 aliphatic rings. The van der Waals surface area contributed by atoms with E-state index in [0.717, 1.165) is 16.7 Å². The molecule has 1 aromatic carbocycles. The van der Waals surface area contributed by atoms with Crippen molar-refractivity contribution in [3.05, 3.63) is 58.0 Å². The summed E-state index contributed by atoms with van der Waals surface area (Å²) in [7, 11) is 0. The number of furan rings is 1. The summed E-state index contributed by atoms with van der Waals surface area (Å²) in [5, 5.41) is 19.4. The van der Waals surface area contributed by atoms with Gasteiger partial charge in [0.25, 0.3) is 0 Å². The van der Waals surface area contributed by atoms with Gasteiger partial charge in [-0.1, -0.05) is 12.1 Å². The Morgan fingerprint density at radius 2 is 1.79 bits per heavy atom. The van der Waals surface area contributed by atoms with E-state index in [2.05, 4.69) is 0 Å². The van der Waals surface area contributed by atoms with Gasteiger partial charge in [0.15, 0.2) is 5.76 Å². The van der Waals surface area contributed by atoms with Crippen molar-refractivity contribution < 1.29 is 19.4 Å². The molecule has 1 heterocycles. The number of aliphatic hydroxyl groups excluding tert-OH is 1. The molecule has 0 saturated carbocycles. The number of aromatic carboxylic acids is 1. The van der Waals surface area contributed by atoms with Gasteiger partial charge in [0, 0.05) is 0 Å². The van der Waals surface area contributed by atoms with Crippen LogP contribution in [0.5, 0.6) is 0 Å². The van der Waals surface area contributed by atoms with Crippen molar-refractivity contribution in [1.82, 2.24) is 0 Å². The zero-order valence-electron chi connectivity index (χ0n) is 11.1. The molecule has 1 unspecified atom stereocenters. The number of hydrogen-bond acceptors (Lipinski definition) is 3. The molecular formula is C15H16O4. The van der Waals surface area contributed by atoms with E-state index in [-0.39, 0.29) is 11.3 Å². The lowest BCUT2D eigenvalue weighted by Crippen LogP contribution is -2.07. The Balaban J connectivity index is 2.50. The van der Waals surface area contributed by atoms with Crippen LogP contribution in [0.4, 0.5) is 0 Å². The SMILES string of the molecule is Cc1cc(C)c(C(O)c2occc2C(=O)O)cc1C. The fourth-order valence-corrected chi connectivity index (χ4v) is 2.13. The summed E-state index contributed by atoms with van der Waals surface area (Å²) in [5.41, 5.74) is 3.74. The molecule has 2 rings (SSSR count). The minimum atomic E-state index is -1.11. The van der Waals surface area contributed by atoms with Crippen molar-refractivity contribution in [3.63, 3.8) is 0 Å². The van der Waals surface area contributed by atoms with Gasteiger partial charge in [-0.2, -0.15) is 0 Å². The summed E-state index contributed by atoms with van der Waals surface area (Å²) in [6.07, 6.45) is 0.207. The average molecular weight is 260 g/mol. The molecule has 0 fully saturated rings. The Hall–Kier alpha value is -2.07. The highest BCUT2D eigenvalue weighted by molar-refractivity contribution is 5.89. The van der Waals surface area contributed by atoms with Crippen molar-refractivity contribution in [2.24, 2.45) is 0 Å². The van der Waals surface area contributed by atoms with Gasteiger partial charge in [-0.3, -0.25) is 0 Å². The van der Waals surface area contributed by atoms with E-state index >= 15 is 0 Å². The largest absolute Gasteiger partial charge is 0.478 e. The minimum Gasteiger partial charge on any atom is -0.478 e. The van der Waals surface area contributed by atoms with Crippen LogP contribution in [0.3, 0.4) is 0 Å². The molecule has 4 nitrogen and oxygen atoms in total. The monoisotopic (exact) mass is 260 g/mol. The van der Waals surface area contributed by atoms with Crippen molar-refractivity contribution in [2.45, 2.75) is 26.9 Å². The molecule has 0 spiro atoms. The predicted molar refractivity (Wildman–Crippen MR) is 70.4 cm³/mol. The van der Waals surface area contributed by atoms with Gasteiger partial charge in [0.05, 0.1) is 6.26 Å². The Morgan fingerprint density at radius 1 is 1.16 bits per heavy atom. The molecule has 0 radical (unpaired) electrons. The summed E-state index contributed by atoms with van der Waals surface area (Å²) in [6, 6.07) is 5.18. The second kappa shape index (κ2) is 4.90. The Morgan fingerprint density at radius 3 is 2.42 bits per heavy atom. The van der Waals surface area contributed by atoms with Crippen LogP contribution in [0, 0.1) is 20.8 Å². The number of rotatable bonds is 3. The van der Waals surface area contributed by atoms with Crippen LogP contribution in [-0.2, 0) is 0 Å². The number of carbonyl (C=O) groups is 1. The average Bonchev–Trinajstić information content (AvgIpc) is 2.82. The van der Waals surface area contributed by atoms with E-state index in [0.29, 0.717) is 5.56 Å². The fourth-order valence-electron chi connectivity index (χ4n) is 2.13. The summed E-state index contributed by atoms with van der Waals surface area (Å²) in [6.45, 7) is 5.83. The highest BCUT2D eigenvalue weighted by atomic mass is 16.4. The van der Waals surface area contributed by atoms with Gasteiger partial charge in [-0.05, 0) is 49.1 Å². The molecule has 1 aromatic heterocycles. The van der Waals surface area contributed by atoms with Crippen molar-refractivity contribution in [2.75, 3.05) is 0 Å². The highest BCUT2D eigenvalue weighted by Crippen LogP contribution is 2.29.